The molecule has 1 aromatic rings. The number of likely N-dealkylation sites (N-methyl/N-ethyl adjacent to an activating group) is 1. The van der Waals surface area contributed by atoms with Gasteiger partial charge in [0.2, 0.25) is 0 Å². The Kier molecular flexibility index (Phi) is 3.02. The molecule has 3 N–H and O–H groups in total. The Labute approximate surface area is 76.6 Å². The third-order valence-corrected chi connectivity index (χ3v) is 2.03. The Morgan fingerprint density at radius 3 is 3.00 bits per heavy atom. The molecule has 72 valence electrons. The summed E-state index contributed by atoms with van der Waals surface area (Å²) in [4.78, 5) is 19.3. The predicted octanol–water partition coefficient (Wildman–Crippen LogP) is -0.447. The molecule has 1 atom stereocenters. The highest BCUT2D eigenvalue weighted by molar-refractivity contribution is 5.36. The van der Waals surface area contributed by atoms with Crippen LogP contribution < -0.4 is 16.2 Å². The number of aromatic nitrogens is 2. The molecule has 0 bridgehead atoms. The van der Waals surface area contributed by atoms with Crippen LogP contribution in [0.4, 0.5) is 5.82 Å². The molecular formula is C8H14N4O. The maximum absolute atomic E-state index is 11.0. The standard InChI is InChI=1S/C8H14N4O/c1-6(4-9)12(2)7-3-8(13)11-5-10-7/h3,5-6H,4,9H2,1-2H3,(H,10,11,13). The van der Waals surface area contributed by atoms with Crippen LogP contribution in [0.1, 0.15) is 6.92 Å². The van der Waals surface area contributed by atoms with E-state index in [9.17, 15) is 4.79 Å². The maximum atomic E-state index is 11.0. The lowest BCUT2D eigenvalue weighted by Crippen LogP contribution is -2.36. The minimum absolute atomic E-state index is 0.152. The smallest absolute Gasteiger partial charge is 0.252 e. The highest BCUT2D eigenvalue weighted by Gasteiger charge is 2.08. The van der Waals surface area contributed by atoms with Gasteiger partial charge in [-0.3, -0.25) is 4.79 Å². The minimum atomic E-state index is -0.152. The molecule has 0 aromatic carbocycles. The van der Waals surface area contributed by atoms with Gasteiger partial charge in [0.1, 0.15) is 5.82 Å². The van der Waals surface area contributed by atoms with E-state index in [4.69, 9.17) is 5.73 Å². The molecule has 5 nitrogen and oxygen atoms in total. The van der Waals surface area contributed by atoms with Gasteiger partial charge >= 0.3 is 0 Å². The second-order valence-corrected chi connectivity index (χ2v) is 2.96. The SMILES string of the molecule is CC(CN)N(C)c1cc(=O)[nH]cn1. The van der Waals surface area contributed by atoms with Gasteiger partial charge in [-0.15, -0.1) is 0 Å². The molecule has 0 fully saturated rings. The lowest BCUT2D eigenvalue weighted by Gasteiger charge is -2.23. The van der Waals surface area contributed by atoms with Crippen LogP contribution in [-0.4, -0.2) is 29.6 Å². The van der Waals surface area contributed by atoms with E-state index in [1.54, 1.807) is 0 Å². The summed E-state index contributed by atoms with van der Waals surface area (Å²) in [7, 11) is 1.86. The zero-order chi connectivity index (χ0) is 9.84. The number of anilines is 1. The third kappa shape index (κ3) is 2.29. The highest BCUT2D eigenvalue weighted by Crippen LogP contribution is 2.06. The van der Waals surface area contributed by atoms with Gasteiger partial charge in [0.05, 0.1) is 6.33 Å². The number of hydrogen-bond donors (Lipinski definition) is 2. The van der Waals surface area contributed by atoms with Gasteiger partial charge in [-0.1, -0.05) is 0 Å². The first-order valence-electron chi connectivity index (χ1n) is 4.12. The van der Waals surface area contributed by atoms with Gasteiger partial charge in [-0.05, 0) is 6.92 Å². The summed E-state index contributed by atoms with van der Waals surface area (Å²) in [6.07, 6.45) is 1.39. The van der Waals surface area contributed by atoms with Crippen LogP contribution in [0, 0.1) is 0 Å². The highest BCUT2D eigenvalue weighted by atomic mass is 16.1. The summed E-state index contributed by atoms with van der Waals surface area (Å²) in [6, 6.07) is 1.63. The molecule has 0 radical (unpaired) electrons. The molecule has 1 heterocycles. The fourth-order valence-corrected chi connectivity index (χ4v) is 0.935. The molecule has 0 aliphatic heterocycles. The number of rotatable bonds is 3. The van der Waals surface area contributed by atoms with Crippen molar-refractivity contribution in [1.82, 2.24) is 9.97 Å². The maximum Gasteiger partial charge on any atom is 0.252 e. The molecule has 1 rings (SSSR count). The molecule has 0 saturated heterocycles. The first-order valence-corrected chi connectivity index (χ1v) is 4.12. The van der Waals surface area contributed by atoms with E-state index in [1.807, 2.05) is 18.9 Å². The molecule has 13 heavy (non-hydrogen) atoms. The van der Waals surface area contributed by atoms with Gasteiger partial charge in [-0.25, -0.2) is 4.98 Å². The lowest BCUT2D eigenvalue weighted by atomic mass is 10.3. The van der Waals surface area contributed by atoms with E-state index in [-0.39, 0.29) is 11.6 Å². The van der Waals surface area contributed by atoms with E-state index in [0.717, 1.165) is 0 Å². The van der Waals surface area contributed by atoms with Crippen molar-refractivity contribution >= 4 is 5.82 Å². The van der Waals surface area contributed by atoms with Crippen LogP contribution in [0.25, 0.3) is 0 Å². The average molecular weight is 182 g/mol. The summed E-state index contributed by atoms with van der Waals surface area (Å²) in [5.41, 5.74) is 5.34. The molecular weight excluding hydrogens is 168 g/mol. The van der Waals surface area contributed by atoms with Crippen LogP contribution in [0.2, 0.25) is 0 Å². The number of aromatic amines is 1. The van der Waals surface area contributed by atoms with E-state index in [2.05, 4.69) is 9.97 Å². The minimum Gasteiger partial charge on any atom is -0.355 e. The first-order chi connectivity index (χ1) is 6.15. The summed E-state index contributed by atoms with van der Waals surface area (Å²) in [6.45, 7) is 2.51. The van der Waals surface area contributed by atoms with Crippen molar-refractivity contribution in [1.29, 1.82) is 0 Å². The average Bonchev–Trinajstić information content (AvgIpc) is 2.15. The van der Waals surface area contributed by atoms with Gasteiger partial charge < -0.3 is 15.6 Å². The van der Waals surface area contributed by atoms with E-state index in [1.165, 1.54) is 12.4 Å². The summed E-state index contributed by atoms with van der Waals surface area (Å²) >= 11 is 0. The monoisotopic (exact) mass is 182 g/mol. The summed E-state index contributed by atoms with van der Waals surface area (Å²) in [5.74, 6) is 0.640. The topological polar surface area (TPSA) is 75.0 Å². The number of H-pyrrole nitrogens is 1. The summed E-state index contributed by atoms with van der Waals surface area (Å²) < 4.78 is 0. The van der Waals surface area contributed by atoms with Crippen molar-refractivity contribution in [3.63, 3.8) is 0 Å². The normalized spacial score (nSPS) is 12.5. The second-order valence-electron chi connectivity index (χ2n) is 2.96. The zero-order valence-electron chi connectivity index (χ0n) is 7.82. The summed E-state index contributed by atoms with van der Waals surface area (Å²) in [5, 5.41) is 0. The Hall–Kier alpha value is -1.36. The van der Waals surface area contributed by atoms with Crippen molar-refractivity contribution < 1.29 is 0 Å². The van der Waals surface area contributed by atoms with Crippen molar-refractivity contribution in [3.8, 4) is 0 Å². The van der Waals surface area contributed by atoms with Crippen LogP contribution in [0.5, 0.6) is 0 Å². The molecule has 0 saturated carbocycles. The Balaban J connectivity index is 2.88. The van der Waals surface area contributed by atoms with Crippen molar-refractivity contribution in [2.75, 3.05) is 18.5 Å². The van der Waals surface area contributed by atoms with Gasteiger partial charge in [0.15, 0.2) is 0 Å². The fraction of sp³-hybridized carbons (Fsp3) is 0.500. The lowest BCUT2D eigenvalue weighted by molar-refractivity contribution is 0.686. The Morgan fingerprint density at radius 1 is 1.77 bits per heavy atom. The predicted molar refractivity (Wildman–Crippen MR) is 51.8 cm³/mol. The number of nitrogens with two attached hydrogens (primary N) is 1. The molecule has 0 amide bonds. The van der Waals surface area contributed by atoms with Crippen LogP contribution in [-0.2, 0) is 0 Å². The zero-order valence-corrected chi connectivity index (χ0v) is 7.82. The number of hydrogen-bond acceptors (Lipinski definition) is 4. The second kappa shape index (κ2) is 4.04. The number of nitrogens with zero attached hydrogens (tertiary/aromatic N) is 2. The van der Waals surface area contributed by atoms with Crippen LogP contribution >= 0.6 is 0 Å². The van der Waals surface area contributed by atoms with Crippen LogP contribution in [0.15, 0.2) is 17.2 Å². The largest absolute Gasteiger partial charge is 0.355 e. The fourth-order valence-electron chi connectivity index (χ4n) is 0.935. The molecule has 5 heteroatoms. The van der Waals surface area contributed by atoms with E-state index >= 15 is 0 Å². The van der Waals surface area contributed by atoms with E-state index < -0.39 is 0 Å². The van der Waals surface area contributed by atoms with Crippen molar-refractivity contribution in [3.05, 3.63) is 22.7 Å². The molecule has 0 spiro atoms. The van der Waals surface area contributed by atoms with Gasteiger partial charge in [-0.2, -0.15) is 0 Å². The number of nitrogens with one attached hydrogen (secondary N) is 1. The molecule has 0 aliphatic carbocycles. The third-order valence-electron chi connectivity index (χ3n) is 2.03. The van der Waals surface area contributed by atoms with E-state index in [0.29, 0.717) is 12.4 Å². The molecule has 1 aromatic heterocycles. The van der Waals surface area contributed by atoms with Crippen molar-refractivity contribution in [2.45, 2.75) is 13.0 Å². The molecule has 1 unspecified atom stereocenters. The first kappa shape index (κ1) is 9.73. The Bertz CT molecular complexity index is 322. The Morgan fingerprint density at radius 2 is 2.46 bits per heavy atom. The quantitative estimate of drug-likeness (QED) is 0.664. The van der Waals surface area contributed by atoms with Crippen molar-refractivity contribution in [2.24, 2.45) is 5.73 Å². The van der Waals surface area contributed by atoms with Gasteiger partial charge in [0, 0.05) is 25.7 Å². The molecule has 0 aliphatic rings. The van der Waals surface area contributed by atoms with Crippen LogP contribution in [0.3, 0.4) is 0 Å². The van der Waals surface area contributed by atoms with Gasteiger partial charge in [0.25, 0.3) is 5.56 Å².